The third-order valence-electron chi connectivity index (χ3n) is 22.9. The lowest BCUT2D eigenvalue weighted by Gasteiger charge is -2.71. The van der Waals surface area contributed by atoms with Gasteiger partial charge < -0.3 is 134 Å². The second-order valence-electron chi connectivity index (χ2n) is 28.6. The molecule has 0 bridgehead atoms. The molecule has 0 unspecified atom stereocenters. The fourth-order valence-corrected chi connectivity index (χ4v) is 17.6. The van der Waals surface area contributed by atoms with Crippen molar-refractivity contribution in [3.63, 3.8) is 0 Å². The van der Waals surface area contributed by atoms with Crippen LogP contribution < -0.4 is 0 Å². The van der Waals surface area contributed by atoms with E-state index in [1.807, 2.05) is 20.8 Å². The number of hydrogen-bond acceptors (Lipinski definition) is 27. The predicted molar refractivity (Wildman–Crippen MR) is 297 cm³/mol. The zero-order chi connectivity index (χ0) is 63.9. The van der Waals surface area contributed by atoms with Gasteiger partial charge in [-0.05, 0) is 131 Å². The van der Waals surface area contributed by atoms with E-state index in [1.54, 1.807) is 0 Å². The molecule has 17 N–H and O–H groups in total. The molecule has 0 spiro atoms. The Morgan fingerprint density at radius 2 is 0.989 bits per heavy atom. The lowest BCUT2D eigenvalue weighted by atomic mass is 9.35. The minimum absolute atomic E-state index is 0.0205. The highest BCUT2D eigenvalue weighted by atomic mass is 16.8. The van der Waals surface area contributed by atoms with E-state index in [0.717, 1.165) is 24.8 Å². The van der Waals surface area contributed by atoms with Crippen LogP contribution in [0.3, 0.4) is 0 Å². The van der Waals surface area contributed by atoms with Crippen molar-refractivity contribution in [3.05, 3.63) is 11.6 Å². The van der Waals surface area contributed by atoms with Crippen LogP contribution in [0, 0.1) is 45.3 Å². The van der Waals surface area contributed by atoms with Crippen LogP contribution in [0.15, 0.2) is 11.6 Å². The van der Waals surface area contributed by atoms with Crippen molar-refractivity contribution in [2.24, 2.45) is 45.3 Å². The van der Waals surface area contributed by atoms with E-state index in [0.29, 0.717) is 38.5 Å². The van der Waals surface area contributed by atoms with Gasteiger partial charge in [0.15, 0.2) is 31.5 Å². The smallest absolute Gasteiger partial charge is 0.187 e. The Morgan fingerprint density at radius 3 is 1.56 bits per heavy atom. The van der Waals surface area contributed by atoms with Gasteiger partial charge in [-0.2, -0.15) is 0 Å². The number of fused-ring (bicyclic) bond motifs is 5. The summed E-state index contributed by atoms with van der Waals surface area (Å²) in [4.78, 5) is 0. The highest BCUT2D eigenvalue weighted by molar-refractivity contribution is 5.21. The van der Waals surface area contributed by atoms with Crippen molar-refractivity contribution in [2.75, 3.05) is 26.4 Å². The minimum atomic E-state index is -1.89. The first-order valence-corrected chi connectivity index (χ1v) is 31.3. The van der Waals surface area contributed by atoms with E-state index in [-0.39, 0.29) is 29.1 Å². The van der Waals surface area contributed by atoms with Crippen molar-refractivity contribution >= 4 is 0 Å². The first kappa shape index (κ1) is 70.0. The highest BCUT2D eigenvalue weighted by Crippen LogP contribution is 2.76. The Labute approximate surface area is 507 Å². The maximum atomic E-state index is 13.0. The summed E-state index contributed by atoms with van der Waals surface area (Å²) in [5.41, 5.74) is -1.91. The zero-order valence-electron chi connectivity index (χ0n) is 51.4. The summed E-state index contributed by atoms with van der Waals surface area (Å²) >= 11 is 0. The number of hydrogen-bond donors (Lipinski definition) is 17. The third kappa shape index (κ3) is 12.7. The second-order valence-corrected chi connectivity index (χ2v) is 28.6. The summed E-state index contributed by atoms with van der Waals surface area (Å²) in [6.45, 7) is 15.9. The Hall–Kier alpha value is -1.34. The number of allylic oxidation sites excluding steroid dienone is 2. The van der Waals surface area contributed by atoms with Gasteiger partial charge in [0.2, 0.25) is 0 Å². The molecule has 0 radical (unpaired) electrons. The summed E-state index contributed by atoms with van der Waals surface area (Å²) in [5, 5.41) is 185. The quantitative estimate of drug-likeness (QED) is 0.0471. The van der Waals surface area contributed by atoms with Gasteiger partial charge in [0.1, 0.15) is 116 Å². The summed E-state index contributed by atoms with van der Waals surface area (Å²) in [5.74, 6) is -0.686. The molecule has 9 rings (SSSR count). The molecule has 4 saturated carbocycles. The molecule has 0 amide bonds. The van der Waals surface area contributed by atoms with E-state index < -0.39 is 214 Å². The van der Waals surface area contributed by atoms with Crippen LogP contribution in [0.4, 0.5) is 0 Å². The summed E-state index contributed by atoms with van der Waals surface area (Å²) < 4.78 is 61.1. The van der Waals surface area contributed by atoms with Crippen LogP contribution in [0.25, 0.3) is 0 Å². The van der Waals surface area contributed by atoms with Crippen molar-refractivity contribution in [1.82, 2.24) is 0 Å². The first-order valence-electron chi connectivity index (χ1n) is 31.3. The summed E-state index contributed by atoms with van der Waals surface area (Å²) in [6.07, 6.45) is -34.1. The lowest BCUT2D eigenvalue weighted by Crippen LogP contribution is -2.68. The van der Waals surface area contributed by atoms with Gasteiger partial charge in [-0.25, -0.2) is 0 Å². The average molecular weight is 1260 g/mol. The molecule has 27 heteroatoms. The molecule has 5 aliphatic heterocycles. The second kappa shape index (κ2) is 26.8. The molecule has 5 heterocycles. The van der Waals surface area contributed by atoms with E-state index in [9.17, 15) is 86.8 Å². The Kier molecular flexibility index (Phi) is 21.6. The van der Waals surface area contributed by atoms with Crippen LogP contribution >= 0.6 is 0 Å². The Bertz CT molecular complexity index is 2300. The van der Waals surface area contributed by atoms with Gasteiger partial charge >= 0.3 is 0 Å². The van der Waals surface area contributed by atoms with E-state index >= 15 is 0 Å². The molecule has 4 aliphatic carbocycles. The highest BCUT2D eigenvalue weighted by Gasteiger charge is 2.72. The average Bonchev–Trinajstić information content (AvgIpc) is 1.67. The molecule has 35 atom stereocenters. The number of ether oxygens (including phenoxy) is 10. The van der Waals surface area contributed by atoms with Crippen LogP contribution in [-0.4, -0.2) is 285 Å². The monoisotopic (exact) mass is 1250 g/mol. The van der Waals surface area contributed by atoms with Gasteiger partial charge in [-0.3, -0.25) is 0 Å². The van der Waals surface area contributed by atoms with Crippen molar-refractivity contribution in [1.29, 1.82) is 0 Å². The van der Waals surface area contributed by atoms with E-state index in [1.165, 1.54) is 6.92 Å². The molecule has 87 heavy (non-hydrogen) atoms. The first-order chi connectivity index (χ1) is 40.7. The number of aliphatic hydroxyl groups excluding tert-OH is 17. The van der Waals surface area contributed by atoms with Gasteiger partial charge in [0, 0.05) is 0 Å². The lowest BCUT2D eigenvalue weighted by molar-refractivity contribution is -0.382. The predicted octanol–water partition coefficient (Wildman–Crippen LogP) is -3.35. The molecule has 9 fully saturated rings. The largest absolute Gasteiger partial charge is 0.394 e. The fraction of sp³-hybridized carbons (Fsp3) is 0.967. The Balaban J connectivity index is 0.940. The summed E-state index contributed by atoms with van der Waals surface area (Å²) in [7, 11) is 0. The molecule has 0 aromatic heterocycles. The van der Waals surface area contributed by atoms with Gasteiger partial charge in [0.25, 0.3) is 0 Å². The standard InChI is InChI=1S/C60H102O27/c1-24(2)11-10-15-60(9,87-54-49(77)44(72)39(67)30(83-54)22-79-52-47(75)42(70)37(65)28(20-61)81-52)26-12-17-59(8)35(26)27(63)19-33-57(6)16-14-34(56(4,5)32(57)13-18-58(33,59)7)85-55-50(86-53-48(76)43(71)38(66)29(21-62)82-53)45(73)40(68)31(84-55)23-78-51-46(74)41(69)36(64)25(3)80-51/h11,25-55,61-77H,10,12-23H2,1-9H3/t25-,26-,27+,28+,29+,30+,31+,32+,33+,34+,35-,36-,37+,38+,39+,40+,41+,42-,43-,44-,45-,46+,47+,48+,49+,50+,51+,52+,53-,54-,55-,57+,58+,59+,60-/m0/s1. The minimum Gasteiger partial charge on any atom is -0.394 e. The molecular formula is C60H102O27. The van der Waals surface area contributed by atoms with Crippen molar-refractivity contribution in [3.8, 4) is 0 Å². The molecule has 27 nitrogen and oxygen atoms in total. The van der Waals surface area contributed by atoms with E-state index in [2.05, 4.69) is 40.7 Å². The topological polar surface area (TPSA) is 436 Å². The fourth-order valence-electron chi connectivity index (χ4n) is 17.6. The molecule has 504 valence electrons. The Morgan fingerprint density at radius 1 is 0.506 bits per heavy atom. The van der Waals surface area contributed by atoms with Gasteiger partial charge in [0.05, 0.1) is 50.3 Å². The molecule has 0 aromatic rings. The molecule has 5 saturated heterocycles. The van der Waals surface area contributed by atoms with Crippen molar-refractivity contribution < 1.29 is 134 Å². The van der Waals surface area contributed by atoms with Crippen LogP contribution in [0.1, 0.15) is 120 Å². The summed E-state index contributed by atoms with van der Waals surface area (Å²) in [6, 6.07) is 0. The maximum absolute atomic E-state index is 13.0. The van der Waals surface area contributed by atoms with Crippen LogP contribution in [-0.2, 0) is 47.4 Å². The maximum Gasteiger partial charge on any atom is 0.187 e. The number of rotatable bonds is 18. The van der Waals surface area contributed by atoms with Crippen molar-refractivity contribution in [2.45, 2.75) is 291 Å². The van der Waals surface area contributed by atoms with Crippen LogP contribution in [0.5, 0.6) is 0 Å². The molecule has 0 aromatic carbocycles. The molecule has 9 aliphatic rings. The van der Waals surface area contributed by atoms with Gasteiger partial charge in [-0.15, -0.1) is 0 Å². The number of aliphatic hydroxyl groups is 17. The SMILES string of the molecule is CC(C)=CCC[C@](C)(O[C@@H]1O[C@H](CO[C@@H]2O[C@H](CO)[C@@H](O)[C@H](O)[C@H]2O)[C@@H](O)[C@H](O)[C@H]1O)[C@H]1CC[C@]2(C)[C@@H]1[C@H](O)C[C@@H]1[C@]3(C)CC[C@@H](O[C@@H]4O[C@H](CO[C@@H]5O[C@@H](C)[C@H](O)[C@@H](O)[C@H]5O)[C@@H](O)[C@H](O)[C@H]4O[C@@H]4O[C@H](CO)[C@@H](O)[C@H](O)[C@H]4O)C(C)(C)[C@H]3CC[C@]12C. The molecular weight excluding hydrogens is 1150 g/mol. The normalized spacial score (nSPS) is 53.3. The van der Waals surface area contributed by atoms with Gasteiger partial charge in [-0.1, -0.05) is 46.3 Å². The third-order valence-corrected chi connectivity index (χ3v) is 22.9. The van der Waals surface area contributed by atoms with E-state index in [4.69, 9.17) is 47.4 Å². The van der Waals surface area contributed by atoms with Crippen LogP contribution in [0.2, 0.25) is 0 Å². The zero-order valence-corrected chi connectivity index (χ0v) is 51.4.